The van der Waals surface area contributed by atoms with Crippen LogP contribution in [0.1, 0.15) is 0 Å². The largest absolute Gasteiger partial charge is 0.354 e. The van der Waals surface area contributed by atoms with E-state index in [0.29, 0.717) is 5.69 Å². The molecule has 0 bridgehead atoms. The highest BCUT2D eigenvalue weighted by atomic mass is 79.9. The predicted molar refractivity (Wildman–Crippen MR) is 68.3 cm³/mol. The minimum absolute atomic E-state index is 0.0537. The maximum atomic E-state index is 10.6. The molecule has 2 rings (SSSR count). The summed E-state index contributed by atoms with van der Waals surface area (Å²) in [6.45, 7) is 0. The Morgan fingerprint density at radius 1 is 1.24 bits per heavy atom. The van der Waals surface area contributed by atoms with Gasteiger partial charge in [-0.1, -0.05) is 6.07 Å². The van der Waals surface area contributed by atoms with Crippen LogP contribution in [0.25, 0.3) is 0 Å². The lowest BCUT2D eigenvalue weighted by Gasteiger charge is -2.05. The number of aromatic nitrogens is 1. The molecule has 0 radical (unpaired) electrons. The molecule has 2 aromatic rings. The van der Waals surface area contributed by atoms with Crippen LogP contribution in [0, 0.1) is 10.1 Å². The Kier molecular flexibility index (Phi) is 3.34. The van der Waals surface area contributed by atoms with Crippen molar-refractivity contribution >= 4 is 33.0 Å². The first-order chi connectivity index (χ1) is 8.15. The van der Waals surface area contributed by atoms with Crippen molar-refractivity contribution in [2.24, 2.45) is 0 Å². The van der Waals surface area contributed by atoms with Crippen molar-refractivity contribution in [2.45, 2.75) is 0 Å². The van der Waals surface area contributed by atoms with Crippen molar-refractivity contribution in [3.05, 3.63) is 57.3 Å². The SMILES string of the molecule is O=[N+]([O-])c1cccc(Nc2cncc(Br)c2)c1. The normalized spacial score (nSPS) is 9.94. The minimum atomic E-state index is -0.426. The van der Waals surface area contributed by atoms with Crippen molar-refractivity contribution in [2.75, 3.05) is 5.32 Å². The monoisotopic (exact) mass is 293 g/mol. The number of benzene rings is 1. The molecule has 0 saturated heterocycles. The third-order valence-corrected chi connectivity index (χ3v) is 2.48. The number of nitrogens with zero attached hydrogens (tertiary/aromatic N) is 2. The molecule has 1 heterocycles. The Morgan fingerprint density at radius 3 is 2.76 bits per heavy atom. The van der Waals surface area contributed by atoms with E-state index in [2.05, 4.69) is 26.2 Å². The fourth-order valence-electron chi connectivity index (χ4n) is 1.34. The first-order valence-electron chi connectivity index (χ1n) is 4.77. The summed E-state index contributed by atoms with van der Waals surface area (Å²) in [6, 6.07) is 8.15. The summed E-state index contributed by atoms with van der Waals surface area (Å²) in [7, 11) is 0. The zero-order valence-corrected chi connectivity index (χ0v) is 10.2. The zero-order valence-electron chi connectivity index (χ0n) is 8.63. The first-order valence-corrected chi connectivity index (χ1v) is 5.56. The first kappa shape index (κ1) is 11.5. The number of halogens is 1. The highest BCUT2D eigenvalue weighted by molar-refractivity contribution is 9.10. The van der Waals surface area contributed by atoms with Gasteiger partial charge in [-0.25, -0.2) is 0 Å². The quantitative estimate of drug-likeness (QED) is 0.695. The fraction of sp³-hybridized carbons (Fsp3) is 0. The Morgan fingerprint density at radius 2 is 2.06 bits per heavy atom. The second-order valence-corrected chi connectivity index (χ2v) is 4.24. The van der Waals surface area contributed by atoms with Crippen molar-refractivity contribution in [3.8, 4) is 0 Å². The van der Waals surface area contributed by atoms with Crippen LogP contribution in [0.4, 0.5) is 17.1 Å². The Balaban J connectivity index is 2.24. The molecule has 0 amide bonds. The molecule has 0 spiro atoms. The van der Waals surface area contributed by atoms with E-state index >= 15 is 0 Å². The summed E-state index contributed by atoms with van der Waals surface area (Å²) >= 11 is 3.30. The number of hydrogen-bond acceptors (Lipinski definition) is 4. The fourth-order valence-corrected chi connectivity index (χ4v) is 1.71. The molecule has 1 aromatic carbocycles. The van der Waals surface area contributed by atoms with Crippen LogP contribution < -0.4 is 5.32 Å². The second-order valence-electron chi connectivity index (χ2n) is 3.32. The van der Waals surface area contributed by atoms with Gasteiger partial charge in [0.05, 0.1) is 16.8 Å². The maximum absolute atomic E-state index is 10.6. The molecule has 86 valence electrons. The molecule has 5 nitrogen and oxygen atoms in total. The van der Waals surface area contributed by atoms with Crippen molar-refractivity contribution in [1.29, 1.82) is 0 Å². The Hall–Kier alpha value is -1.95. The van der Waals surface area contributed by atoms with E-state index in [1.807, 2.05) is 6.07 Å². The molecule has 0 unspecified atom stereocenters. The van der Waals surface area contributed by atoms with Crippen molar-refractivity contribution < 1.29 is 4.92 Å². The van der Waals surface area contributed by atoms with Gasteiger partial charge in [0.25, 0.3) is 5.69 Å². The van der Waals surface area contributed by atoms with Gasteiger partial charge < -0.3 is 5.32 Å². The van der Waals surface area contributed by atoms with Crippen molar-refractivity contribution in [3.63, 3.8) is 0 Å². The molecule has 1 N–H and O–H groups in total. The molecule has 0 atom stereocenters. The van der Waals surface area contributed by atoms with E-state index in [1.54, 1.807) is 24.5 Å². The summed E-state index contributed by atoms with van der Waals surface area (Å²) < 4.78 is 0.841. The average molecular weight is 294 g/mol. The lowest BCUT2D eigenvalue weighted by atomic mass is 10.2. The van der Waals surface area contributed by atoms with Gasteiger partial charge in [0, 0.05) is 28.5 Å². The number of anilines is 2. The van der Waals surface area contributed by atoms with Gasteiger partial charge in [0.2, 0.25) is 0 Å². The molecule has 0 aliphatic heterocycles. The molecule has 6 heteroatoms. The van der Waals surface area contributed by atoms with Crippen LogP contribution in [0.15, 0.2) is 47.2 Å². The van der Waals surface area contributed by atoms with Crippen LogP contribution in [-0.2, 0) is 0 Å². The molecular formula is C11H8BrN3O2. The van der Waals surface area contributed by atoms with Gasteiger partial charge in [-0.05, 0) is 28.1 Å². The molecule has 0 aliphatic rings. The van der Waals surface area contributed by atoms with E-state index in [0.717, 1.165) is 10.2 Å². The summed E-state index contributed by atoms with van der Waals surface area (Å²) in [5.74, 6) is 0. The summed E-state index contributed by atoms with van der Waals surface area (Å²) in [5.41, 5.74) is 1.47. The highest BCUT2D eigenvalue weighted by Crippen LogP contribution is 2.22. The topological polar surface area (TPSA) is 68.1 Å². The van der Waals surface area contributed by atoms with E-state index in [9.17, 15) is 10.1 Å². The molecule has 0 aliphatic carbocycles. The van der Waals surface area contributed by atoms with E-state index in [1.165, 1.54) is 12.1 Å². The lowest BCUT2D eigenvalue weighted by molar-refractivity contribution is -0.384. The number of nitro benzene ring substituents is 1. The number of non-ortho nitro benzene ring substituents is 1. The molecule has 0 fully saturated rings. The van der Waals surface area contributed by atoms with Crippen LogP contribution in [-0.4, -0.2) is 9.91 Å². The van der Waals surface area contributed by atoms with Crippen molar-refractivity contribution in [1.82, 2.24) is 4.98 Å². The van der Waals surface area contributed by atoms with E-state index in [-0.39, 0.29) is 5.69 Å². The van der Waals surface area contributed by atoms with Gasteiger partial charge in [0.15, 0.2) is 0 Å². The average Bonchev–Trinajstić information content (AvgIpc) is 2.29. The smallest absolute Gasteiger partial charge is 0.271 e. The van der Waals surface area contributed by atoms with Gasteiger partial charge in [-0.2, -0.15) is 0 Å². The van der Waals surface area contributed by atoms with Crippen LogP contribution in [0.5, 0.6) is 0 Å². The zero-order chi connectivity index (χ0) is 12.3. The third kappa shape index (κ3) is 3.01. The Bertz CT molecular complexity index is 560. The van der Waals surface area contributed by atoms with Crippen LogP contribution >= 0.6 is 15.9 Å². The van der Waals surface area contributed by atoms with Gasteiger partial charge in [0.1, 0.15) is 0 Å². The number of hydrogen-bond donors (Lipinski definition) is 1. The van der Waals surface area contributed by atoms with E-state index in [4.69, 9.17) is 0 Å². The number of nitrogens with one attached hydrogen (secondary N) is 1. The minimum Gasteiger partial charge on any atom is -0.354 e. The molecule has 0 saturated carbocycles. The number of pyridine rings is 1. The van der Waals surface area contributed by atoms with Crippen LogP contribution in [0.3, 0.4) is 0 Å². The standard InChI is InChI=1S/C11H8BrN3O2/c12-8-4-10(7-13-6-8)14-9-2-1-3-11(5-9)15(16)17/h1-7,14H. The Labute approximate surface area is 106 Å². The van der Waals surface area contributed by atoms with Crippen LogP contribution in [0.2, 0.25) is 0 Å². The number of nitro groups is 1. The van der Waals surface area contributed by atoms with E-state index < -0.39 is 4.92 Å². The molecule has 17 heavy (non-hydrogen) atoms. The highest BCUT2D eigenvalue weighted by Gasteiger charge is 2.05. The van der Waals surface area contributed by atoms with Gasteiger partial charge >= 0.3 is 0 Å². The second kappa shape index (κ2) is 4.92. The van der Waals surface area contributed by atoms with Gasteiger partial charge in [-0.15, -0.1) is 0 Å². The summed E-state index contributed by atoms with van der Waals surface area (Å²) in [5, 5.41) is 13.7. The summed E-state index contributed by atoms with van der Waals surface area (Å²) in [4.78, 5) is 14.2. The summed E-state index contributed by atoms with van der Waals surface area (Å²) in [6.07, 6.45) is 3.31. The maximum Gasteiger partial charge on any atom is 0.271 e. The lowest BCUT2D eigenvalue weighted by Crippen LogP contribution is -1.93. The molecule has 1 aromatic heterocycles. The molecular weight excluding hydrogens is 286 g/mol. The predicted octanol–water partition coefficient (Wildman–Crippen LogP) is 3.50. The third-order valence-electron chi connectivity index (χ3n) is 2.05. The number of rotatable bonds is 3. The van der Waals surface area contributed by atoms with Gasteiger partial charge in [-0.3, -0.25) is 15.1 Å².